The number of aryl methyl sites for hydroxylation is 1. The lowest BCUT2D eigenvalue weighted by atomic mass is 10.2. The first-order valence-corrected chi connectivity index (χ1v) is 6.70. The molecule has 0 spiro atoms. The van der Waals surface area contributed by atoms with Crippen molar-refractivity contribution in [2.24, 2.45) is 5.92 Å². The van der Waals surface area contributed by atoms with Crippen LogP contribution in [0.15, 0.2) is 24.3 Å². The van der Waals surface area contributed by atoms with Crippen molar-refractivity contribution in [1.29, 1.82) is 0 Å². The number of carbonyl (C=O) groups is 1. The van der Waals surface area contributed by atoms with Gasteiger partial charge in [-0.25, -0.2) is 4.79 Å². The summed E-state index contributed by atoms with van der Waals surface area (Å²) in [5.74, 6) is 6.27. The summed E-state index contributed by atoms with van der Waals surface area (Å²) >= 11 is 0. The van der Waals surface area contributed by atoms with Gasteiger partial charge in [0.2, 0.25) is 0 Å². The van der Waals surface area contributed by atoms with Gasteiger partial charge in [-0.2, -0.15) is 0 Å². The third-order valence-electron chi connectivity index (χ3n) is 2.89. The van der Waals surface area contributed by atoms with Crippen molar-refractivity contribution >= 4 is 11.7 Å². The molecule has 1 unspecified atom stereocenters. The minimum atomic E-state index is -0.580. The predicted molar refractivity (Wildman–Crippen MR) is 75.7 cm³/mol. The molecule has 1 saturated carbocycles. The minimum Gasteiger partial charge on any atom is -0.464 e. The lowest BCUT2D eigenvalue weighted by molar-refractivity contribution is -0.142. The Morgan fingerprint density at radius 2 is 2.11 bits per heavy atom. The number of rotatable bonds is 4. The molecule has 1 aliphatic rings. The highest BCUT2D eigenvalue weighted by atomic mass is 16.5. The number of nitrogens with one attached hydrogen (secondary N) is 1. The van der Waals surface area contributed by atoms with Gasteiger partial charge in [-0.15, -0.1) is 0 Å². The molecular weight excluding hydrogens is 238 g/mol. The Labute approximate surface area is 114 Å². The Balaban J connectivity index is 2.06. The van der Waals surface area contributed by atoms with E-state index in [0.29, 0.717) is 12.5 Å². The maximum Gasteiger partial charge on any atom is 0.341 e. The third kappa shape index (κ3) is 4.33. The van der Waals surface area contributed by atoms with E-state index in [-0.39, 0.29) is 5.97 Å². The molecule has 0 aromatic heterocycles. The Morgan fingerprint density at radius 1 is 1.42 bits per heavy atom. The number of anilines is 1. The van der Waals surface area contributed by atoms with Crippen LogP contribution in [-0.2, 0) is 9.53 Å². The van der Waals surface area contributed by atoms with Crippen molar-refractivity contribution in [3.63, 3.8) is 0 Å². The van der Waals surface area contributed by atoms with Crippen molar-refractivity contribution in [2.45, 2.75) is 32.7 Å². The van der Waals surface area contributed by atoms with Crippen LogP contribution in [0.3, 0.4) is 0 Å². The molecule has 0 radical (unpaired) electrons. The van der Waals surface area contributed by atoms with Gasteiger partial charge in [0.15, 0.2) is 6.04 Å². The summed E-state index contributed by atoms with van der Waals surface area (Å²) in [7, 11) is 0. The summed E-state index contributed by atoms with van der Waals surface area (Å²) in [5.41, 5.74) is 2.07. The smallest absolute Gasteiger partial charge is 0.341 e. The average Bonchev–Trinajstić information content (AvgIpc) is 3.21. The number of esters is 1. The second kappa shape index (κ2) is 6.29. The Kier molecular flexibility index (Phi) is 4.46. The van der Waals surface area contributed by atoms with Gasteiger partial charge < -0.3 is 10.1 Å². The monoisotopic (exact) mass is 257 g/mol. The van der Waals surface area contributed by atoms with Crippen molar-refractivity contribution < 1.29 is 9.53 Å². The molecule has 1 fully saturated rings. The van der Waals surface area contributed by atoms with Gasteiger partial charge >= 0.3 is 5.97 Å². The van der Waals surface area contributed by atoms with Crippen LogP contribution in [0.5, 0.6) is 0 Å². The van der Waals surface area contributed by atoms with Crippen LogP contribution in [0.2, 0.25) is 0 Å². The average molecular weight is 257 g/mol. The molecular formula is C16H19NO2. The molecule has 1 aliphatic carbocycles. The second-order valence-corrected chi connectivity index (χ2v) is 4.76. The standard InChI is InChI=1S/C16H19NO2/c1-3-19-16(18)15(11-8-13-6-7-13)17-14-9-4-12(2)5-10-14/h4-5,9-10,13,15,17H,3,6-7H2,1-2H3. The summed E-state index contributed by atoms with van der Waals surface area (Å²) in [6, 6.07) is 7.31. The SMILES string of the molecule is CCOC(=O)C(C#CC1CC1)Nc1ccc(C)cc1. The molecule has 0 bridgehead atoms. The van der Waals surface area contributed by atoms with Crippen LogP contribution in [-0.4, -0.2) is 18.6 Å². The van der Waals surface area contributed by atoms with Gasteiger partial charge in [-0.05, 0) is 38.8 Å². The zero-order valence-electron chi connectivity index (χ0n) is 11.4. The molecule has 19 heavy (non-hydrogen) atoms. The summed E-state index contributed by atoms with van der Waals surface area (Å²) in [6.07, 6.45) is 2.29. The van der Waals surface area contributed by atoms with Crippen molar-refractivity contribution in [1.82, 2.24) is 0 Å². The molecule has 0 heterocycles. The maximum atomic E-state index is 11.9. The Bertz CT molecular complexity index is 492. The van der Waals surface area contributed by atoms with E-state index in [9.17, 15) is 4.79 Å². The molecule has 0 saturated heterocycles. The van der Waals surface area contributed by atoms with Gasteiger partial charge in [-0.1, -0.05) is 29.5 Å². The third-order valence-corrected chi connectivity index (χ3v) is 2.89. The fourth-order valence-electron chi connectivity index (χ4n) is 1.62. The molecule has 3 heteroatoms. The Hall–Kier alpha value is -1.95. The first-order chi connectivity index (χ1) is 9.19. The van der Waals surface area contributed by atoms with Crippen LogP contribution >= 0.6 is 0 Å². The second-order valence-electron chi connectivity index (χ2n) is 4.76. The highest BCUT2D eigenvalue weighted by molar-refractivity contribution is 5.83. The maximum absolute atomic E-state index is 11.9. The van der Waals surface area contributed by atoms with E-state index in [4.69, 9.17) is 4.74 Å². The molecule has 1 atom stereocenters. The molecule has 0 amide bonds. The van der Waals surface area contributed by atoms with E-state index in [1.165, 1.54) is 5.56 Å². The largest absolute Gasteiger partial charge is 0.464 e. The number of hydrogen-bond acceptors (Lipinski definition) is 3. The zero-order valence-corrected chi connectivity index (χ0v) is 11.4. The van der Waals surface area contributed by atoms with Crippen LogP contribution in [0.25, 0.3) is 0 Å². The molecule has 1 N–H and O–H groups in total. The number of ether oxygens (including phenoxy) is 1. The first kappa shape index (κ1) is 13.5. The normalized spacial score (nSPS) is 15.1. The fourth-order valence-corrected chi connectivity index (χ4v) is 1.62. The fraction of sp³-hybridized carbons (Fsp3) is 0.438. The number of carbonyl (C=O) groups excluding carboxylic acids is 1. The van der Waals surface area contributed by atoms with Gasteiger partial charge in [0, 0.05) is 11.6 Å². The van der Waals surface area contributed by atoms with E-state index in [1.807, 2.05) is 31.2 Å². The van der Waals surface area contributed by atoms with Gasteiger partial charge in [0.25, 0.3) is 0 Å². The predicted octanol–water partition coefficient (Wildman–Crippen LogP) is 2.75. The van der Waals surface area contributed by atoms with Crippen LogP contribution in [0.1, 0.15) is 25.3 Å². The Morgan fingerprint density at radius 3 is 2.68 bits per heavy atom. The quantitative estimate of drug-likeness (QED) is 0.666. The highest BCUT2D eigenvalue weighted by Gasteiger charge is 2.21. The van der Waals surface area contributed by atoms with E-state index in [2.05, 4.69) is 17.2 Å². The van der Waals surface area contributed by atoms with Crippen LogP contribution < -0.4 is 5.32 Å². The first-order valence-electron chi connectivity index (χ1n) is 6.70. The van der Waals surface area contributed by atoms with E-state index in [0.717, 1.165) is 18.5 Å². The van der Waals surface area contributed by atoms with E-state index in [1.54, 1.807) is 6.92 Å². The lowest BCUT2D eigenvalue weighted by Crippen LogP contribution is -2.30. The summed E-state index contributed by atoms with van der Waals surface area (Å²) < 4.78 is 5.05. The van der Waals surface area contributed by atoms with Gasteiger partial charge in [0.1, 0.15) is 0 Å². The van der Waals surface area contributed by atoms with Gasteiger partial charge in [-0.3, -0.25) is 0 Å². The molecule has 1 aromatic carbocycles. The van der Waals surface area contributed by atoms with Crippen LogP contribution in [0, 0.1) is 24.7 Å². The minimum absolute atomic E-state index is 0.309. The molecule has 3 nitrogen and oxygen atoms in total. The number of hydrogen-bond donors (Lipinski definition) is 1. The lowest BCUT2D eigenvalue weighted by Gasteiger charge is -2.13. The van der Waals surface area contributed by atoms with Crippen molar-refractivity contribution in [2.75, 3.05) is 11.9 Å². The summed E-state index contributed by atoms with van der Waals surface area (Å²) in [6.45, 7) is 4.20. The molecule has 2 rings (SSSR count). The van der Waals surface area contributed by atoms with E-state index < -0.39 is 6.04 Å². The van der Waals surface area contributed by atoms with Crippen molar-refractivity contribution in [3.8, 4) is 11.8 Å². The van der Waals surface area contributed by atoms with Gasteiger partial charge in [0.05, 0.1) is 6.61 Å². The van der Waals surface area contributed by atoms with E-state index >= 15 is 0 Å². The topological polar surface area (TPSA) is 38.3 Å². The summed E-state index contributed by atoms with van der Waals surface area (Å²) in [4.78, 5) is 11.9. The van der Waals surface area contributed by atoms with Crippen LogP contribution in [0.4, 0.5) is 5.69 Å². The molecule has 1 aromatic rings. The van der Waals surface area contributed by atoms with Crippen molar-refractivity contribution in [3.05, 3.63) is 29.8 Å². The summed E-state index contributed by atoms with van der Waals surface area (Å²) in [5, 5.41) is 3.13. The highest BCUT2D eigenvalue weighted by Crippen LogP contribution is 2.27. The molecule has 0 aliphatic heterocycles. The zero-order chi connectivity index (χ0) is 13.7. The number of benzene rings is 1. The molecule has 100 valence electrons.